The second-order valence-corrected chi connectivity index (χ2v) is 4.16. The summed E-state index contributed by atoms with van der Waals surface area (Å²) in [6.07, 6.45) is 4.67. The fourth-order valence-electron chi connectivity index (χ4n) is 1.70. The lowest BCUT2D eigenvalue weighted by Crippen LogP contribution is -2.22. The van der Waals surface area contributed by atoms with Crippen molar-refractivity contribution in [3.8, 4) is 0 Å². The van der Waals surface area contributed by atoms with Crippen molar-refractivity contribution in [1.82, 2.24) is 5.32 Å². The fraction of sp³-hybridized carbons (Fsp3) is 0.333. The Hall–Kier alpha value is -0.730. The van der Waals surface area contributed by atoms with Gasteiger partial charge in [0.1, 0.15) is 0 Å². The lowest BCUT2D eigenvalue weighted by atomic mass is 10.0. The van der Waals surface area contributed by atoms with E-state index in [1.807, 2.05) is 12.1 Å². The average molecular weight is 205 g/mol. The van der Waals surface area contributed by atoms with Crippen molar-refractivity contribution >= 4 is 18.7 Å². The molecule has 0 bridgehead atoms. The molecule has 1 heterocycles. The van der Waals surface area contributed by atoms with Crippen LogP contribution in [0.1, 0.15) is 18.4 Å². The highest BCUT2D eigenvalue weighted by atomic mass is 32.1. The van der Waals surface area contributed by atoms with Crippen LogP contribution < -0.4 is 5.32 Å². The maximum Gasteiger partial charge on any atom is 0.00403 e. The molecule has 1 aliphatic heterocycles. The normalized spacial score (nSPS) is 16.8. The van der Waals surface area contributed by atoms with Crippen LogP contribution in [-0.2, 0) is 0 Å². The monoisotopic (exact) mass is 205 g/mol. The van der Waals surface area contributed by atoms with E-state index < -0.39 is 0 Å². The molecular weight excluding hydrogens is 190 g/mol. The first kappa shape index (κ1) is 9.81. The van der Waals surface area contributed by atoms with Gasteiger partial charge in [-0.25, -0.2) is 0 Å². The Morgan fingerprint density at radius 3 is 2.36 bits per heavy atom. The Labute approximate surface area is 90.6 Å². The Bertz CT molecular complexity index is 319. The summed E-state index contributed by atoms with van der Waals surface area (Å²) >= 11 is 4.27. The Kier molecular flexibility index (Phi) is 3.27. The highest BCUT2D eigenvalue weighted by Crippen LogP contribution is 2.16. The molecule has 2 rings (SSSR count). The number of hydrogen-bond acceptors (Lipinski definition) is 2. The molecule has 1 aliphatic rings. The van der Waals surface area contributed by atoms with E-state index in [2.05, 4.69) is 36.2 Å². The third kappa shape index (κ3) is 2.63. The molecule has 14 heavy (non-hydrogen) atoms. The molecule has 74 valence electrons. The van der Waals surface area contributed by atoms with Gasteiger partial charge in [0.25, 0.3) is 0 Å². The van der Waals surface area contributed by atoms with E-state index in [0.717, 1.165) is 18.0 Å². The fourth-order valence-corrected chi connectivity index (χ4v) is 1.85. The molecule has 0 amide bonds. The van der Waals surface area contributed by atoms with Crippen molar-refractivity contribution in [1.29, 1.82) is 0 Å². The van der Waals surface area contributed by atoms with Crippen molar-refractivity contribution < 1.29 is 0 Å². The zero-order chi connectivity index (χ0) is 9.80. The van der Waals surface area contributed by atoms with Crippen LogP contribution in [0.15, 0.2) is 34.7 Å². The Balaban J connectivity index is 2.11. The van der Waals surface area contributed by atoms with Gasteiger partial charge in [-0.05, 0) is 43.6 Å². The van der Waals surface area contributed by atoms with E-state index in [4.69, 9.17) is 0 Å². The molecule has 1 aromatic rings. The third-order valence-corrected chi connectivity index (χ3v) is 2.81. The Morgan fingerprint density at radius 2 is 1.71 bits per heavy atom. The van der Waals surface area contributed by atoms with E-state index in [-0.39, 0.29) is 0 Å². The second-order valence-electron chi connectivity index (χ2n) is 3.64. The molecule has 0 aromatic heterocycles. The predicted octanol–water partition coefficient (Wildman–Crippen LogP) is 2.74. The van der Waals surface area contributed by atoms with Crippen molar-refractivity contribution in [3.05, 3.63) is 35.4 Å². The van der Waals surface area contributed by atoms with E-state index in [1.54, 1.807) is 5.57 Å². The van der Waals surface area contributed by atoms with E-state index in [1.165, 1.54) is 18.4 Å². The molecule has 2 heteroatoms. The summed E-state index contributed by atoms with van der Waals surface area (Å²) in [5.41, 5.74) is 2.84. The molecule has 1 aromatic carbocycles. The van der Waals surface area contributed by atoms with E-state index in [9.17, 15) is 0 Å². The summed E-state index contributed by atoms with van der Waals surface area (Å²) in [5, 5.41) is 3.36. The van der Waals surface area contributed by atoms with E-state index in [0.29, 0.717) is 0 Å². The average Bonchev–Trinajstić information content (AvgIpc) is 2.23. The molecule has 1 fully saturated rings. The number of hydrogen-bond donors (Lipinski definition) is 2. The van der Waals surface area contributed by atoms with Crippen LogP contribution in [0.5, 0.6) is 0 Å². The predicted molar refractivity (Wildman–Crippen MR) is 63.8 cm³/mol. The minimum atomic E-state index is 1.03. The molecule has 0 saturated carbocycles. The van der Waals surface area contributed by atoms with Gasteiger partial charge in [-0.2, -0.15) is 0 Å². The van der Waals surface area contributed by atoms with Gasteiger partial charge in [-0.15, -0.1) is 12.6 Å². The molecule has 0 unspecified atom stereocenters. The van der Waals surface area contributed by atoms with Crippen LogP contribution in [0.2, 0.25) is 0 Å². The maximum atomic E-state index is 4.27. The van der Waals surface area contributed by atoms with Gasteiger partial charge in [0.15, 0.2) is 0 Å². The number of benzene rings is 1. The first-order valence-corrected chi connectivity index (χ1v) is 5.48. The zero-order valence-corrected chi connectivity index (χ0v) is 9.06. The molecular formula is C12H15NS. The summed E-state index contributed by atoms with van der Waals surface area (Å²) in [4.78, 5) is 1.03. The molecule has 0 atom stereocenters. The number of rotatable bonds is 1. The summed E-state index contributed by atoms with van der Waals surface area (Å²) in [5.74, 6) is 0. The third-order valence-electron chi connectivity index (χ3n) is 2.51. The van der Waals surface area contributed by atoms with Gasteiger partial charge in [-0.3, -0.25) is 0 Å². The summed E-state index contributed by atoms with van der Waals surface area (Å²) in [6.45, 7) is 2.24. The Morgan fingerprint density at radius 1 is 1.07 bits per heavy atom. The van der Waals surface area contributed by atoms with Crippen molar-refractivity contribution in [2.45, 2.75) is 17.7 Å². The highest BCUT2D eigenvalue weighted by molar-refractivity contribution is 7.80. The lowest BCUT2D eigenvalue weighted by Gasteiger charge is -2.15. The molecule has 1 N–H and O–H groups in total. The second kappa shape index (κ2) is 4.67. The minimum Gasteiger partial charge on any atom is -0.316 e. The SMILES string of the molecule is Sc1ccc(C=C2CCNCC2)cc1. The largest absolute Gasteiger partial charge is 0.316 e. The van der Waals surface area contributed by atoms with Gasteiger partial charge >= 0.3 is 0 Å². The maximum absolute atomic E-state index is 4.27. The van der Waals surface area contributed by atoms with Crippen LogP contribution >= 0.6 is 12.6 Å². The van der Waals surface area contributed by atoms with Gasteiger partial charge < -0.3 is 5.32 Å². The van der Waals surface area contributed by atoms with Crippen LogP contribution in [0.4, 0.5) is 0 Å². The first-order chi connectivity index (χ1) is 6.84. The van der Waals surface area contributed by atoms with Crippen LogP contribution in [-0.4, -0.2) is 13.1 Å². The summed E-state index contributed by atoms with van der Waals surface area (Å²) < 4.78 is 0. The first-order valence-electron chi connectivity index (χ1n) is 5.04. The van der Waals surface area contributed by atoms with Gasteiger partial charge in [0.2, 0.25) is 0 Å². The number of piperidine rings is 1. The van der Waals surface area contributed by atoms with Gasteiger partial charge in [0, 0.05) is 4.90 Å². The summed E-state index contributed by atoms with van der Waals surface area (Å²) in [6, 6.07) is 8.32. The quantitative estimate of drug-likeness (QED) is 0.672. The van der Waals surface area contributed by atoms with Crippen LogP contribution in [0.3, 0.4) is 0 Å². The van der Waals surface area contributed by atoms with Crippen molar-refractivity contribution in [2.75, 3.05) is 13.1 Å². The molecule has 0 radical (unpaired) electrons. The lowest BCUT2D eigenvalue weighted by molar-refractivity contribution is 0.613. The van der Waals surface area contributed by atoms with Crippen LogP contribution in [0, 0.1) is 0 Å². The van der Waals surface area contributed by atoms with Crippen molar-refractivity contribution in [2.24, 2.45) is 0 Å². The minimum absolute atomic E-state index is 1.03. The molecule has 0 spiro atoms. The molecule has 0 aliphatic carbocycles. The molecule has 1 saturated heterocycles. The topological polar surface area (TPSA) is 12.0 Å². The smallest absolute Gasteiger partial charge is 0.00403 e. The highest BCUT2D eigenvalue weighted by Gasteiger charge is 2.03. The van der Waals surface area contributed by atoms with Crippen molar-refractivity contribution in [3.63, 3.8) is 0 Å². The van der Waals surface area contributed by atoms with Gasteiger partial charge in [0.05, 0.1) is 0 Å². The van der Waals surface area contributed by atoms with E-state index >= 15 is 0 Å². The summed E-state index contributed by atoms with van der Waals surface area (Å²) in [7, 11) is 0. The molecule has 1 nitrogen and oxygen atoms in total. The zero-order valence-electron chi connectivity index (χ0n) is 8.16. The number of thiol groups is 1. The van der Waals surface area contributed by atoms with Gasteiger partial charge in [-0.1, -0.05) is 23.8 Å². The van der Waals surface area contributed by atoms with Crippen LogP contribution in [0.25, 0.3) is 6.08 Å². The number of nitrogens with one attached hydrogen (secondary N) is 1. The standard InChI is InChI=1S/C12H15NS/c14-12-3-1-10(2-4-12)9-11-5-7-13-8-6-11/h1-4,9,13-14H,5-8H2.